The monoisotopic (exact) mass is 1850 g/mol. The number of halogens is 4. The first-order valence-electron chi connectivity index (χ1n) is 41.0. The van der Waals surface area contributed by atoms with Crippen LogP contribution in [0.4, 0.5) is 0 Å². The summed E-state index contributed by atoms with van der Waals surface area (Å²) in [4.78, 5) is 75.7. The summed E-state index contributed by atoms with van der Waals surface area (Å²) in [6.07, 6.45) is 7.66. The maximum Gasteiger partial charge on any atom is 0.339 e. The van der Waals surface area contributed by atoms with Crippen LogP contribution in [0.15, 0.2) is 168 Å². The fraction of sp³-hybridized carbons (Fsp3) is 0.293. The number of carboxylic acid groups (broad SMARTS) is 1. The molecule has 0 saturated carbocycles. The highest BCUT2D eigenvalue weighted by molar-refractivity contribution is 9.10. The van der Waals surface area contributed by atoms with Gasteiger partial charge in [0.2, 0.25) is 0 Å². The van der Waals surface area contributed by atoms with Crippen LogP contribution in [0.5, 0.6) is 0 Å². The van der Waals surface area contributed by atoms with Crippen molar-refractivity contribution in [2.24, 2.45) is 14.1 Å². The largest absolute Gasteiger partial charge is 0.479 e. The Morgan fingerprint density at radius 3 is 1.20 bits per heavy atom. The number of allylic oxidation sites excluding steroid dienone is 1. The van der Waals surface area contributed by atoms with Crippen molar-refractivity contribution < 1.29 is 43.2 Å². The Balaban J connectivity index is 0.000000143. The highest BCUT2D eigenvalue weighted by Crippen LogP contribution is 2.50. The lowest BCUT2D eigenvalue weighted by atomic mass is 9.91. The number of esters is 2. The van der Waals surface area contributed by atoms with E-state index in [1.807, 2.05) is 220 Å². The molecule has 3 atom stereocenters. The topological polar surface area (TPSA) is 233 Å². The van der Waals surface area contributed by atoms with Crippen LogP contribution in [0.25, 0.3) is 135 Å². The quantitative estimate of drug-likeness (QED) is 0.0807. The summed E-state index contributed by atoms with van der Waals surface area (Å²) in [5, 5.41) is 17.8. The Hall–Kier alpha value is -10.4. The number of carbonyl (C=O) groups is 3. The van der Waals surface area contributed by atoms with E-state index in [1.165, 1.54) is 28.2 Å². The maximum absolute atomic E-state index is 13.3. The summed E-state index contributed by atoms with van der Waals surface area (Å²) in [6.45, 7) is 35.5. The summed E-state index contributed by atoms with van der Waals surface area (Å²) in [6, 6.07) is 43.5. The molecule has 644 valence electrons. The fourth-order valence-corrected chi connectivity index (χ4v) is 19.5. The smallest absolute Gasteiger partial charge is 0.339 e. The van der Waals surface area contributed by atoms with Crippen molar-refractivity contribution in [3.8, 4) is 65.1 Å². The SMILES string of the molecule is CC1=Cc2cc(Br)cnc2C1.CCOC(=O)[C@@H](OC(C)(C)C)c1c(C)cc2nc(-c3cnc4[nH]c(C)cc4c3)sc2c1-c1ccc(Cl)cc1.CCOC(=O)[C@@H](OC(C)(C)C)c1c(C)cc2nc(-c3cnc4c(c3)cc(C)n4C)sc2c1-c1ccc(Cl)cc1.Cc1cc2nc(-c3cnc4c(c3)cc(C)n4C)sc2c(-c2ccc(Cl)cc2)c1[C@H](OC(C)(C)C)C(=O)O. The van der Waals surface area contributed by atoms with Gasteiger partial charge in [0.15, 0.2) is 18.3 Å². The zero-order chi connectivity index (χ0) is 89.7. The van der Waals surface area contributed by atoms with Gasteiger partial charge in [0, 0.05) is 148 Å². The molecule has 0 saturated heterocycles. The summed E-state index contributed by atoms with van der Waals surface area (Å²) in [7, 11) is 4.02. The van der Waals surface area contributed by atoms with Crippen molar-refractivity contribution in [1.29, 1.82) is 0 Å². The number of thiazole rings is 3. The number of benzene rings is 6. The molecule has 2 N–H and O–H groups in total. The van der Waals surface area contributed by atoms with Crippen molar-refractivity contribution in [2.45, 2.75) is 166 Å². The third kappa shape index (κ3) is 20.2. The summed E-state index contributed by atoms with van der Waals surface area (Å²) >= 11 is 26.8. The molecule has 0 unspecified atom stereocenters. The van der Waals surface area contributed by atoms with E-state index in [2.05, 4.69) is 114 Å². The van der Waals surface area contributed by atoms with E-state index in [0.717, 1.165) is 185 Å². The Morgan fingerprint density at radius 2 is 0.832 bits per heavy atom. The summed E-state index contributed by atoms with van der Waals surface area (Å²) in [5.74, 6) is -1.86. The Kier molecular flexibility index (Phi) is 26.8. The van der Waals surface area contributed by atoms with Gasteiger partial charge in [-0.25, -0.2) is 44.3 Å². The molecule has 16 aromatic rings. The average molecular weight is 1850 g/mol. The number of aromatic nitrogens is 10. The molecular formula is C99H98BrCl3N10O9S3. The molecule has 125 heavy (non-hydrogen) atoms. The third-order valence-corrected chi connectivity index (χ3v) is 25.6. The van der Waals surface area contributed by atoms with Crippen LogP contribution >= 0.6 is 84.7 Å². The molecular weight excluding hydrogens is 1760 g/mol. The first kappa shape index (κ1) is 90.8. The first-order valence-corrected chi connectivity index (χ1v) is 45.4. The van der Waals surface area contributed by atoms with Gasteiger partial charge in [-0.2, -0.15) is 0 Å². The molecule has 6 aromatic carbocycles. The van der Waals surface area contributed by atoms with Gasteiger partial charge >= 0.3 is 17.9 Å². The van der Waals surface area contributed by atoms with Gasteiger partial charge in [-0.15, -0.1) is 34.0 Å². The van der Waals surface area contributed by atoms with Crippen molar-refractivity contribution in [1.82, 2.24) is 49.0 Å². The van der Waals surface area contributed by atoms with Gasteiger partial charge in [0.05, 0.1) is 66.4 Å². The zero-order valence-electron chi connectivity index (χ0n) is 73.4. The number of pyridine rings is 4. The number of carboxylic acids is 1. The van der Waals surface area contributed by atoms with E-state index >= 15 is 0 Å². The molecule has 1 aliphatic rings. The van der Waals surface area contributed by atoms with E-state index in [1.54, 1.807) is 36.5 Å². The number of hydrogen-bond acceptors (Lipinski definition) is 18. The number of nitrogens with zero attached hydrogens (tertiary/aromatic N) is 9. The van der Waals surface area contributed by atoms with Crippen molar-refractivity contribution in [2.75, 3.05) is 13.2 Å². The van der Waals surface area contributed by atoms with Crippen molar-refractivity contribution >= 4 is 172 Å². The molecule has 1 aliphatic carbocycles. The van der Waals surface area contributed by atoms with Gasteiger partial charge in [0.25, 0.3) is 0 Å². The van der Waals surface area contributed by atoms with Crippen LogP contribution in [0, 0.1) is 41.5 Å². The summed E-state index contributed by atoms with van der Waals surface area (Å²) in [5.41, 5.74) is 23.5. The minimum absolute atomic E-state index is 0.263. The van der Waals surface area contributed by atoms with Gasteiger partial charge < -0.3 is 42.9 Å². The number of H-pyrrole nitrogens is 1. The minimum atomic E-state index is -1.15. The van der Waals surface area contributed by atoms with Crippen molar-refractivity contribution in [3.05, 3.63) is 245 Å². The number of rotatable bonds is 17. The Labute approximate surface area is 762 Å². The van der Waals surface area contributed by atoms with Gasteiger partial charge in [0.1, 0.15) is 32.0 Å². The molecule has 0 fully saturated rings. The Morgan fingerprint density at radius 1 is 0.472 bits per heavy atom. The van der Waals surface area contributed by atoms with Crippen LogP contribution in [0.3, 0.4) is 0 Å². The van der Waals surface area contributed by atoms with Crippen molar-refractivity contribution in [3.63, 3.8) is 0 Å². The lowest BCUT2D eigenvalue weighted by Crippen LogP contribution is -2.29. The lowest BCUT2D eigenvalue weighted by molar-refractivity contribution is -0.167. The Bertz CT molecular complexity index is 6870. The normalized spacial score (nSPS) is 13.0. The number of aryl methyl sites for hydroxylation is 8. The molecule has 26 heteroatoms. The lowest BCUT2D eigenvalue weighted by Gasteiger charge is -2.29. The van der Waals surface area contributed by atoms with Gasteiger partial charge in [-0.3, -0.25) is 4.98 Å². The zero-order valence-corrected chi connectivity index (χ0v) is 79.7. The number of hydrogen-bond donors (Lipinski definition) is 2. The molecule has 19 nitrogen and oxygen atoms in total. The molecule has 0 aliphatic heterocycles. The fourth-order valence-electron chi connectivity index (χ4n) is 15.4. The number of aliphatic carboxylic acids is 1. The molecule has 10 aromatic heterocycles. The van der Waals surface area contributed by atoms with E-state index in [4.69, 9.17) is 78.4 Å². The predicted molar refractivity (Wildman–Crippen MR) is 514 cm³/mol. The predicted octanol–water partition coefficient (Wildman–Crippen LogP) is 26.9. The van der Waals surface area contributed by atoms with Crippen LogP contribution in [-0.4, -0.2) is 102 Å². The second-order valence-corrected chi connectivity index (χ2v) is 39.4. The van der Waals surface area contributed by atoms with E-state index in [0.29, 0.717) is 20.6 Å². The highest BCUT2D eigenvalue weighted by Gasteiger charge is 2.38. The number of carbonyl (C=O) groups excluding carboxylic acids is 2. The molecule has 17 rings (SSSR count). The van der Waals surface area contributed by atoms with E-state index < -0.39 is 53.0 Å². The molecule has 0 radical (unpaired) electrons. The standard InChI is InChI=1S/C31H32ClN3O3S.C30H30ClN3O3S.C29H28ClN3O3S.C9H8BrN/c1-8-37-30(36)26(38-31(4,5)6)24-17(2)13-23-27(25(24)19-9-11-22(32)12-10-19)39-29(34-23)21-15-20-14-18(3)35(7)28(20)33-16-21;1-7-36-29(35)25(37-30(4,5)6)23-16(2)12-22-26(24(23)18-8-10-21(31)11-9-18)38-28(34-22)20-14-19-13-17(3)33-27(19)32-15-20;1-15-11-21-25(37-27(32-21)19-13-18-12-16(2)33(6)26(18)31-14-19)23(17-7-9-20(30)10-8-17)22(15)24(28(34)35)36-29(3,4)5;1-6-2-7-4-8(10)5-11-9(7)3-6/h9-16,26H,8H2,1-7H3;8-15,25H,7H2,1-6H3,(H,32,33);7-14,24H,1-6H3,(H,34,35);2,4-5H,3H2,1H3/t26-;25-;24-;/m000./s1. The number of nitrogens with one attached hydrogen (secondary N) is 1. The first-order chi connectivity index (χ1) is 59.2. The summed E-state index contributed by atoms with van der Waals surface area (Å²) < 4.78 is 37.9. The number of aromatic amines is 1. The van der Waals surface area contributed by atoms with E-state index in [-0.39, 0.29) is 13.2 Å². The van der Waals surface area contributed by atoms with Gasteiger partial charge in [-0.1, -0.05) is 82.9 Å². The van der Waals surface area contributed by atoms with Crippen LogP contribution in [0.2, 0.25) is 15.1 Å². The van der Waals surface area contributed by atoms with Crippen LogP contribution < -0.4 is 0 Å². The molecule has 0 bridgehead atoms. The second kappa shape index (κ2) is 36.9. The second-order valence-electron chi connectivity index (χ2n) is 34.2. The number of ether oxygens (including phenoxy) is 5. The van der Waals surface area contributed by atoms with Crippen LogP contribution in [0.1, 0.15) is 163 Å². The van der Waals surface area contributed by atoms with Crippen LogP contribution in [-0.2, 0) is 58.6 Å². The minimum Gasteiger partial charge on any atom is -0.479 e. The average Bonchev–Trinajstić information content (AvgIpc) is 1.69. The molecule has 0 spiro atoms. The highest BCUT2D eigenvalue weighted by atomic mass is 79.9. The maximum atomic E-state index is 13.3. The molecule has 10 heterocycles. The third-order valence-electron chi connectivity index (χ3n) is 21.0. The molecule has 0 amide bonds. The number of fused-ring (bicyclic) bond motifs is 7. The van der Waals surface area contributed by atoms with E-state index in [9.17, 15) is 19.5 Å². The van der Waals surface area contributed by atoms with Gasteiger partial charge in [-0.05, 0) is 277 Å².